The van der Waals surface area contributed by atoms with Crippen LogP contribution in [0.5, 0.6) is 0 Å². The van der Waals surface area contributed by atoms with Crippen molar-refractivity contribution in [1.29, 1.82) is 0 Å². The summed E-state index contributed by atoms with van der Waals surface area (Å²) >= 11 is 0. The molecule has 3 aromatic rings. The maximum atomic E-state index is 5.55. The van der Waals surface area contributed by atoms with Crippen molar-refractivity contribution < 1.29 is 4.74 Å². The number of H-pyrrole nitrogens is 1. The van der Waals surface area contributed by atoms with Crippen LogP contribution in [0.15, 0.2) is 36.5 Å². The van der Waals surface area contributed by atoms with Crippen LogP contribution in [0.3, 0.4) is 0 Å². The van der Waals surface area contributed by atoms with Crippen LogP contribution in [0.25, 0.3) is 16.6 Å². The van der Waals surface area contributed by atoms with Crippen molar-refractivity contribution >= 4 is 16.6 Å². The van der Waals surface area contributed by atoms with Crippen molar-refractivity contribution in [2.75, 3.05) is 26.3 Å². The Morgan fingerprint density at radius 3 is 2.62 bits per heavy atom. The van der Waals surface area contributed by atoms with Crippen molar-refractivity contribution in [3.63, 3.8) is 0 Å². The van der Waals surface area contributed by atoms with E-state index in [-0.39, 0.29) is 0 Å². The fourth-order valence-corrected chi connectivity index (χ4v) is 6.43. The summed E-state index contributed by atoms with van der Waals surface area (Å²) in [6.07, 6.45) is 9.28. The van der Waals surface area contributed by atoms with Crippen LogP contribution in [0.2, 0.25) is 0 Å². The van der Waals surface area contributed by atoms with E-state index in [1.165, 1.54) is 59.5 Å². The fourth-order valence-electron chi connectivity index (χ4n) is 6.43. The Hall–Kier alpha value is -2.50. The number of nitrogens with one attached hydrogen (secondary N) is 1. The Balaban J connectivity index is 1.30. The lowest BCUT2D eigenvalue weighted by Crippen LogP contribution is -2.44. The highest BCUT2D eigenvalue weighted by Crippen LogP contribution is 2.43. The normalized spacial score (nSPS) is 25.6. The third-order valence-corrected chi connectivity index (χ3v) is 8.20. The number of pyridine rings is 2. The smallest absolute Gasteiger partial charge is 0.0923 e. The van der Waals surface area contributed by atoms with Gasteiger partial charge in [-0.05, 0) is 49.8 Å². The Labute approximate surface area is 202 Å². The SMILES string of the molecule is CC(C)c1c(C2=CC(C)c3ncccc32)[nH]c2ccc(C3CCC(N4CCOCC4)CC3)nc12. The van der Waals surface area contributed by atoms with E-state index in [1.807, 2.05) is 12.3 Å². The number of rotatable bonds is 4. The van der Waals surface area contributed by atoms with E-state index in [0.717, 1.165) is 43.4 Å². The molecule has 3 aromatic heterocycles. The highest BCUT2D eigenvalue weighted by atomic mass is 16.5. The van der Waals surface area contributed by atoms with Crippen molar-refractivity contribution in [3.05, 3.63) is 64.7 Å². The van der Waals surface area contributed by atoms with Crippen LogP contribution in [-0.4, -0.2) is 52.2 Å². The molecule has 6 rings (SSSR count). The number of allylic oxidation sites excluding steroid dienone is 1. The van der Waals surface area contributed by atoms with Gasteiger partial charge in [-0.15, -0.1) is 0 Å². The van der Waals surface area contributed by atoms with E-state index in [4.69, 9.17) is 9.72 Å². The third kappa shape index (κ3) is 3.79. The minimum absolute atomic E-state index is 0.336. The molecular weight excluding hydrogens is 420 g/mol. The molecule has 3 aliphatic rings. The lowest BCUT2D eigenvalue weighted by molar-refractivity contribution is 0.00721. The zero-order valence-corrected chi connectivity index (χ0v) is 20.7. The largest absolute Gasteiger partial charge is 0.379 e. The molecule has 2 aliphatic carbocycles. The summed E-state index contributed by atoms with van der Waals surface area (Å²) in [5, 5.41) is 0. The number of nitrogens with zero attached hydrogens (tertiary/aromatic N) is 3. The number of fused-ring (bicyclic) bond motifs is 2. The van der Waals surface area contributed by atoms with Gasteiger partial charge in [0.2, 0.25) is 0 Å². The first-order chi connectivity index (χ1) is 16.6. The summed E-state index contributed by atoms with van der Waals surface area (Å²) < 4.78 is 5.55. The quantitative estimate of drug-likeness (QED) is 0.524. The van der Waals surface area contributed by atoms with E-state index in [0.29, 0.717) is 17.8 Å². The van der Waals surface area contributed by atoms with Gasteiger partial charge < -0.3 is 9.72 Å². The summed E-state index contributed by atoms with van der Waals surface area (Å²) in [6, 6.07) is 9.52. The predicted octanol–water partition coefficient (Wildman–Crippen LogP) is 5.99. The van der Waals surface area contributed by atoms with Crippen LogP contribution in [0, 0.1) is 0 Å². The molecule has 0 amide bonds. The summed E-state index contributed by atoms with van der Waals surface area (Å²) in [5.74, 6) is 1.29. The molecule has 5 heteroatoms. The topological polar surface area (TPSA) is 54.0 Å². The number of aromatic amines is 1. The van der Waals surface area contributed by atoms with E-state index < -0.39 is 0 Å². The first kappa shape index (κ1) is 22.0. The van der Waals surface area contributed by atoms with Crippen LogP contribution < -0.4 is 0 Å². The van der Waals surface area contributed by atoms with Gasteiger partial charge in [-0.2, -0.15) is 0 Å². The van der Waals surface area contributed by atoms with Gasteiger partial charge in [0.1, 0.15) is 0 Å². The van der Waals surface area contributed by atoms with Crippen LogP contribution in [-0.2, 0) is 4.74 Å². The molecule has 1 saturated carbocycles. The molecular formula is C29H36N4O. The molecule has 178 valence electrons. The molecule has 0 bridgehead atoms. The standard InChI is InChI=1S/C29H36N4O/c1-18(2)26-28(23-17-19(3)27-22(23)5-4-12-30-27)32-25-11-10-24(31-29(25)26)20-6-8-21(9-7-20)33-13-15-34-16-14-33/h4-5,10-12,17-21,32H,6-9,13-16H2,1-3H3. The molecule has 4 heterocycles. The second kappa shape index (κ2) is 8.94. The van der Waals surface area contributed by atoms with Crippen LogP contribution in [0.1, 0.15) is 92.4 Å². The molecule has 1 saturated heterocycles. The van der Waals surface area contributed by atoms with E-state index in [2.05, 4.69) is 59.9 Å². The van der Waals surface area contributed by atoms with Crippen molar-refractivity contribution in [2.24, 2.45) is 0 Å². The average molecular weight is 457 g/mol. The van der Waals surface area contributed by atoms with E-state index in [1.54, 1.807) is 0 Å². The van der Waals surface area contributed by atoms with Gasteiger partial charge in [-0.25, -0.2) is 0 Å². The highest BCUT2D eigenvalue weighted by Gasteiger charge is 2.30. The molecule has 5 nitrogen and oxygen atoms in total. The Bertz CT molecular complexity index is 1210. The summed E-state index contributed by atoms with van der Waals surface area (Å²) in [7, 11) is 0. The number of hydrogen-bond donors (Lipinski definition) is 1. The average Bonchev–Trinajstić information content (AvgIpc) is 3.42. The Kier molecular flexibility index (Phi) is 5.78. The molecule has 0 radical (unpaired) electrons. The van der Waals surface area contributed by atoms with Crippen molar-refractivity contribution in [3.8, 4) is 0 Å². The molecule has 0 aromatic carbocycles. The molecule has 1 aliphatic heterocycles. The lowest BCUT2D eigenvalue weighted by atomic mass is 9.83. The molecule has 1 unspecified atom stereocenters. The third-order valence-electron chi connectivity index (χ3n) is 8.20. The fraction of sp³-hybridized carbons (Fsp3) is 0.517. The predicted molar refractivity (Wildman–Crippen MR) is 137 cm³/mol. The summed E-state index contributed by atoms with van der Waals surface area (Å²) in [6.45, 7) is 10.8. The second-order valence-electron chi connectivity index (χ2n) is 10.7. The Morgan fingerprint density at radius 2 is 1.85 bits per heavy atom. The van der Waals surface area contributed by atoms with Gasteiger partial charge in [0.15, 0.2) is 0 Å². The first-order valence-corrected chi connectivity index (χ1v) is 13.1. The van der Waals surface area contributed by atoms with Gasteiger partial charge in [-0.1, -0.05) is 32.9 Å². The van der Waals surface area contributed by atoms with Crippen molar-refractivity contribution in [1.82, 2.24) is 19.9 Å². The first-order valence-electron chi connectivity index (χ1n) is 13.1. The number of hydrogen-bond acceptors (Lipinski definition) is 4. The zero-order chi connectivity index (χ0) is 23.2. The summed E-state index contributed by atoms with van der Waals surface area (Å²) in [4.78, 5) is 16.4. The van der Waals surface area contributed by atoms with Gasteiger partial charge in [0.05, 0.1) is 35.6 Å². The van der Waals surface area contributed by atoms with Gasteiger partial charge in [0, 0.05) is 59.6 Å². The second-order valence-corrected chi connectivity index (χ2v) is 10.7. The number of aromatic nitrogens is 3. The molecule has 1 atom stereocenters. The lowest BCUT2D eigenvalue weighted by Gasteiger charge is -2.38. The van der Waals surface area contributed by atoms with E-state index in [9.17, 15) is 0 Å². The number of ether oxygens (including phenoxy) is 1. The maximum absolute atomic E-state index is 5.55. The minimum atomic E-state index is 0.336. The Morgan fingerprint density at radius 1 is 1.06 bits per heavy atom. The van der Waals surface area contributed by atoms with Crippen LogP contribution >= 0.6 is 0 Å². The molecule has 0 spiro atoms. The maximum Gasteiger partial charge on any atom is 0.0923 e. The van der Waals surface area contributed by atoms with E-state index >= 15 is 0 Å². The minimum Gasteiger partial charge on any atom is -0.379 e. The van der Waals surface area contributed by atoms with Gasteiger partial charge >= 0.3 is 0 Å². The summed E-state index contributed by atoms with van der Waals surface area (Å²) in [5.41, 5.74) is 9.86. The van der Waals surface area contributed by atoms with Gasteiger partial charge in [-0.3, -0.25) is 14.9 Å². The number of morpholine rings is 1. The monoisotopic (exact) mass is 456 g/mol. The highest BCUT2D eigenvalue weighted by molar-refractivity contribution is 5.93. The van der Waals surface area contributed by atoms with Gasteiger partial charge in [0.25, 0.3) is 0 Å². The van der Waals surface area contributed by atoms with Crippen LogP contribution in [0.4, 0.5) is 0 Å². The zero-order valence-electron chi connectivity index (χ0n) is 20.7. The molecule has 34 heavy (non-hydrogen) atoms. The molecule has 2 fully saturated rings. The molecule has 1 N–H and O–H groups in total. The van der Waals surface area contributed by atoms with Crippen molar-refractivity contribution in [2.45, 2.75) is 70.3 Å².